The third-order valence-electron chi connectivity index (χ3n) is 4.27. The summed E-state index contributed by atoms with van der Waals surface area (Å²) in [6.07, 6.45) is 1.42. The second-order valence-corrected chi connectivity index (χ2v) is 6.99. The van der Waals surface area contributed by atoms with Gasteiger partial charge in [0.15, 0.2) is 0 Å². The molecule has 1 aromatic heterocycles. The third kappa shape index (κ3) is 3.56. The monoisotopic (exact) mass is 404 g/mol. The van der Waals surface area contributed by atoms with E-state index in [1.54, 1.807) is 30.3 Å². The first-order chi connectivity index (χ1) is 12.8. The zero-order valence-corrected chi connectivity index (χ0v) is 16.1. The molecule has 0 aliphatic rings. The predicted octanol–water partition coefficient (Wildman–Crippen LogP) is 3.59. The van der Waals surface area contributed by atoms with Gasteiger partial charge in [-0.25, -0.2) is 4.98 Å². The Morgan fingerprint density at radius 2 is 1.93 bits per heavy atom. The van der Waals surface area contributed by atoms with Gasteiger partial charge in [-0.05, 0) is 36.8 Å². The minimum Gasteiger partial charge on any atom is -0.366 e. The van der Waals surface area contributed by atoms with Gasteiger partial charge in [0, 0.05) is 5.56 Å². The Hall–Kier alpha value is -2.41. The van der Waals surface area contributed by atoms with Crippen molar-refractivity contribution in [2.75, 3.05) is 0 Å². The molecule has 6 nitrogen and oxygen atoms in total. The molecule has 1 unspecified atom stereocenters. The summed E-state index contributed by atoms with van der Waals surface area (Å²) in [7, 11) is 0. The number of amides is 1. The average Bonchev–Trinajstić information content (AvgIpc) is 2.64. The highest BCUT2D eigenvalue weighted by Crippen LogP contribution is 2.28. The number of nitrogens with two attached hydrogens (primary N) is 2. The molecule has 0 saturated heterocycles. The Balaban J connectivity index is 2.42. The molecule has 0 saturated carbocycles. The van der Waals surface area contributed by atoms with Crippen molar-refractivity contribution >= 4 is 40.0 Å². The van der Waals surface area contributed by atoms with Gasteiger partial charge in [-0.2, -0.15) is 0 Å². The molecule has 0 fully saturated rings. The van der Waals surface area contributed by atoms with Crippen LogP contribution in [0, 0.1) is 0 Å². The van der Waals surface area contributed by atoms with Crippen molar-refractivity contribution < 1.29 is 4.79 Å². The first-order valence-electron chi connectivity index (χ1n) is 8.41. The molecule has 27 heavy (non-hydrogen) atoms. The van der Waals surface area contributed by atoms with Gasteiger partial charge in [-0.15, -0.1) is 0 Å². The molecular formula is C19H18Cl2N4O2. The number of hydrogen-bond donors (Lipinski definition) is 2. The summed E-state index contributed by atoms with van der Waals surface area (Å²) in [5, 5.41) is 0.748. The van der Waals surface area contributed by atoms with Gasteiger partial charge >= 0.3 is 0 Å². The van der Waals surface area contributed by atoms with Crippen LogP contribution in [0.3, 0.4) is 0 Å². The van der Waals surface area contributed by atoms with E-state index in [9.17, 15) is 9.59 Å². The minimum absolute atomic E-state index is 0.195. The van der Waals surface area contributed by atoms with Crippen LogP contribution in [-0.4, -0.2) is 15.5 Å². The fraction of sp³-hybridized carbons (Fsp3) is 0.211. The molecule has 1 heterocycles. The van der Waals surface area contributed by atoms with Crippen LogP contribution >= 0.6 is 23.2 Å². The van der Waals surface area contributed by atoms with E-state index in [0.717, 1.165) is 6.42 Å². The molecule has 1 atom stereocenters. The van der Waals surface area contributed by atoms with Crippen LogP contribution in [0.5, 0.6) is 0 Å². The zero-order valence-electron chi connectivity index (χ0n) is 14.6. The van der Waals surface area contributed by atoms with Gasteiger partial charge in [-0.1, -0.05) is 42.6 Å². The largest absolute Gasteiger partial charge is 0.366 e. The van der Waals surface area contributed by atoms with Crippen molar-refractivity contribution in [3.05, 3.63) is 68.2 Å². The van der Waals surface area contributed by atoms with E-state index in [1.807, 2.05) is 6.92 Å². The van der Waals surface area contributed by atoms with E-state index in [-0.39, 0.29) is 16.0 Å². The number of carbonyl (C=O) groups excluding carboxylic acids is 1. The Bertz CT molecular complexity index is 1090. The molecule has 0 aliphatic carbocycles. The molecule has 140 valence electrons. The Kier molecular flexibility index (Phi) is 5.51. The van der Waals surface area contributed by atoms with Crippen LogP contribution < -0.4 is 17.0 Å². The normalized spacial score (nSPS) is 12.3. The molecule has 0 bridgehead atoms. The maximum absolute atomic E-state index is 13.3. The third-order valence-corrected chi connectivity index (χ3v) is 4.89. The summed E-state index contributed by atoms with van der Waals surface area (Å²) >= 11 is 12.5. The fourth-order valence-electron chi connectivity index (χ4n) is 2.97. The first kappa shape index (κ1) is 19.4. The first-order valence-corrected chi connectivity index (χ1v) is 9.17. The fourth-order valence-corrected chi connectivity index (χ4v) is 3.40. The van der Waals surface area contributed by atoms with Crippen molar-refractivity contribution in [3.63, 3.8) is 0 Å². The number of benzene rings is 2. The standard InChI is InChI=1S/C19H18Cl2N4O2/c1-2-4-14(22)18-24-16-13(21)8-7-12(20)15(16)19(27)25(18)11-6-3-5-10(9-11)17(23)26/h3,5-9,14H,2,4,22H2,1H3,(H2,23,26). The molecule has 2 aromatic carbocycles. The molecule has 0 radical (unpaired) electrons. The van der Waals surface area contributed by atoms with Gasteiger partial charge in [0.05, 0.1) is 32.7 Å². The van der Waals surface area contributed by atoms with Gasteiger partial charge < -0.3 is 11.5 Å². The molecule has 4 N–H and O–H groups in total. The zero-order chi connectivity index (χ0) is 19.7. The number of nitrogens with zero attached hydrogens (tertiary/aromatic N) is 2. The van der Waals surface area contributed by atoms with Crippen molar-refractivity contribution in [2.45, 2.75) is 25.8 Å². The van der Waals surface area contributed by atoms with E-state index in [2.05, 4.69) is 4.98 Å². The number of hydrogen-bond acceptors (Lipinski definition) is 4. The topological polar surface area (TPSA) is 104 Å². The highest BCUT2D eigenvalue weighted by molar-refractivity contribution is 6.39. The summed E-state index contributed by atoms with van der Waals surface area (Å²) in [6, 6.07) is 9.05. The van der Waals surface area contributed by atoms with Crippen LogP contribution in [0.25, 0.3) is 16.6 Å². The van der Waals surface area contributed by atoms with Gasteiger partial charge in [0.2, 0.25) is 5.91 Å². The highest BCUT2D eigenvalue weighted by Gasteiger charge is 2.21. The maximum atomic E-state index is 13.3. The van der Waals surface area contributed by atoms with Gasteiger partial charge in [0.1, 0.15) is 5.82 Å². The Morgan fingerprint density at radius 1 is 1.22 bits per heavy atom. The van der Waals surface area contributed by atoms with Gasteiger partial charge in [0.25, 0.3) is 5.56 Å². The number of carbonyl (C=O) groups is 1. The summed E-state index contributed by atoms with van der Waals surface area (Å²) in [5.74, 6) is -0.251. The number of halogens is 2. The second kappa shape index (κ2) is 7.68. The summed E-state index contributed by atoms with van der Waals surface area (Å²) in [5.41, 5.74) is 12.3. The lowest BCUT2D eigenvalue weighted by Crippen LogP contribution is -2.29. The SMILES string of the molecule is CCCC(N)c1nc2c(Cl)ccc(Cl)c2c(=O)n1-c1cccc(C(N)=O)c1. The molecule has 0 spiro atoms. The lowest BCUT2D eigenvalue weighted by atomic mass is 10.1. The Morgan fingerprint density at radius 3 is 2.59 bits per heavy atom. The van der Waals surface area contributed by atoms with E-state index >= 15 is 0 Å². The van der Waals surface area contributed by atoms with Crippen molar-refractivity contribution in [1.82, 2.24) is 9.55 Å². The van der Waals surface area contributed by atoms with E-state index in [4.69, 9.17) is 34.7 Å². The minimum atomic E-state index is -0.598. The van der Waals surface area contributed by atoms with E-state index < -0.39 is 17.5 Å². The summed E-state index contributed by atoms with van der Waals surface area (Å²) in [4.78, 5) is 29.4. The number of primary amides is 1. The van der Waals surface area contributed by atoms with Crippen molar-refractivity contribution in [2.24, 2.45) is 11.5 Å². The van der Waals surface area contributed by atoms with Crippen molar-refractivity contribution in [3.8, 4) is 5.69 Å². The predicted molar refractivity (Wildman–Crippen MR) is 108 cm³/mol. The van der Waals surface area contributed by atoms with Crippen LogP contribution in [0.15, 0.2) is 41.2 Å². The van der Waals surface area contributed by atoms with E-state index in [1.165, 1.54) is 10.6 Å². The lowest BCUT2D eigenvalue weighted by molar-refractivity contribution is 0.1000. The van der Waals surface area contributed by atoms with E-state index in [0.29, 0.717) is 28.5 Å². The summed E-state index contributed by atoms with van der Waals surface area (Å²) in [6.45, 7) is 1.99. The maximum Gasteiger partial charge on any atom is 0.267 e. The molecule has 3 rings (SSSR count). The molecule has 0 aliphatic heterocycles. The van der Waals surface area contributed by atoms with Crippen LogP contribution in [0.4, 0.5) is 0 Å². The van der Waals surface area contributed by atoms with Crippen LogP contribution in [-0.2, 0) is 0 Å². The second-order valence-electron chi connectivity index (χ2n) is 6.17. The average molecular weight is 405 g/mol. The van der Waals surface area contributed by atoms with Crippen LogP contribution in [0.2, 0.25) is 10.0 Å². The number of rotatable bonds is 5. The highest BCUT2D eigenvalue weighted by atomic mass is 35.5. The molecule has 3 aromatic rings. The van der Waals surface area contributed by atoms with Gasteiger partial charge in [-0.3, -0.25) is 14.2 Å². The molecular weight excluding hydrogens is 387 g/mol. The number of fused-ring (bicyclic) bond motifs is 1. The number of aromatic nitrogens is 2. The molecule has 8 heteroatoms. The van der Waals surface area contributed by atoms with Crippen LogP contribution in [0.1, 0.15) is 42.0 Å². The molecule has 1 amide bonds. The Labute approximate surface area is 165 Å². The summed E-state index contributed by atoms with van der Waals surface area (Å²) < 4.78 is 1.37. The lowest BCUT2D eigenvalue weighted by Gasteiger charge is -2.19. The van der Waals surface area contributed by atoms with Crippen molar-refractivity contribution in [1.29, 1.82) is 0 Å². The quantitative estimate of drug-likeness (QED) is 0.677. The smallest absolute Gasteiger partial charge is 0.267 e.